The number of carbonyl (C=O) groups excluding carboxylic acids is 1. The van der Waals surface area contributed by atoms with E-state index in [4.69, 9.17) is 10.5 Å². The summed E-state index contributed by atoms with van der Waals surface area (Å²) in [5.41, 5.74) is 6.20. The second kappa shape index (κ2) is 5.87. The summed E-state index contributed by atoms with van der Waals surface area (Å²) in [7, 11) is 1.31. The van der Waals surface area contributed by atoms with Gasteiger partial charge in [-0.25, -0.2) is 9.78 Å². The summed E-state index contributed by atoms with van der Waals surface area (Å²) in [5, 5.41) is 9.36. The zero-order valence-electron chi connectivity index (χ0n) is 12.5. The molecular weight excluding hydrogens is 274 g/mol. The number of carbonyl (C=O) groups is 1. The number of hydrogen-bond donors (Lipinski definition) is 2. The van der Waals surface area contributed by atoms with Gasteiger partial charge in [0.2, 0.25) is 0 Å². The number of pyridine rings is 1. The molecule has 2 rings (SSSR count). The van der Waals surface area contributed by atoms with Crippen LogP contribution in [0.2, 0.25) is 0 Å². The minimum absolute atomic E-state index is 0.0868. The second-order valence-electron chi connectivity index (χ2n) is 5.66. The van der Waals surface area contributed by atoms with Crippen LogP contribution >= 0.6 is 0 Å². The first-order valence-electron chi connectivity index (χ1n) is 6.75. The fourth-order valence-corrected chi connectivity index (χ4v) is 2.48. The minimum atomic E-state index is -0.512. The van der Waals surface area contributed by atoms with E-state index in [9.17, 15) is 9.90 Å². The Balaban J connectivity index is 2.33. The highest BCUT2D eigenvalue weighted by atomic mass is 16.5. The van der Waals surface area contributed by atoms with Gasteiger partial charge in [-0.2, -0.15) is 0 Å². The summed E-state index contributed by atoms with van der Waals surface area (Å²) in [6.07, 6.45) is -0.322. The van der Waals surface area contributed by atoms with Crippen LogP contribution < -0.4 is 10.6 Å². The van der Waals surface area contributed by atoms with Crippen LogP contribution in [0.1, 0.15) is 24.3 Å². The fourth-order valence-electron chi connectivity index (χ4n) is 2.48. The van der Waals surface area contributed by atoms with Crippen molar-refractivity contribution in [1.29, 1.82) is 0 Å². The third-order valence-corrected chi connectivity index (χ3v) is 3.28. The Bertz CT molecular complexity index is 533. The van der Waals surface area contributed by atoms with Gasteiger partial charge >= 0.3 is 5.97 Å². The molecule has 21 heavy (non-hydrogen) atoms. The van der Waals surface area contributed by atoms with Crippen molar-refractivity contribution >= 4 is 17.5 Å². The fraction of sp³-hybridized carbons (Fsp3) is 0.571. The van der Waals surface area contributed by atoms with Crippen molar-refractivity contribution in [3.8, 4) is 0 Å². The molecule has 3 N–H and O–H groups in total. The van der Waals surface area contributed by atoms with Crippen molar-refractivity contribution in [1.82, 2.24) is 4.98 Å². The molecule has 1 aliphatic rings. The molecule has 0 amide bonds. The SMILES string of the molecule is COC(=O)c1ccc(N)c(N2CC(CO)OC(C)(C)C2)n1. The lowest BCUT2D eigenvalue weighted by atomic mass is 10.1. The van der Waals surface area contributed by atoms with Crippen LogP contribution in [0.15, 0.2) is 12.1 Å². The quantitative estimate of drug-likeness (QED) is 0.780. The van der Waals surface area contributed by atoms with Gasteiger partial charge in [0.1, 0.15) is 0 Å². The number of nitrogens with two attached hydrogens (primary N) is 1. The van der Waals surface area contributed by atoms with E-state index in [2.05, 4.69) is 9.72 Å². The first-order chi connectivity index (χ1) is 9.86. The molecule has 0 bridgehead atoms. The lowest BCUT2D eigenvalue weighted by Gasteiger charge is -2.43. The normalized spacial score (nSPS) is 21.1. The number of morpholine rings is 1. The van der Waals surface area contributed by atoms with Crippen LogP contribution in [-0.2, 0) is 9.47 Å². The van der Waals surface area contributed by atoms with Crippen LogP contribution in [0, 0.1) is 0 Å². The number of nitrogens with zero attached hydrogens (tertiary/aromatic N) is 2. The highest BCUT2D eigenvalue weighted by Gasteiger charge is 2.34. The predicted molar refractivity (Wildman–Crippen MR) is 78.2 cm³/mol. The first-order valence-corrected chi connectivity index (χ1v) is 6.75. The molecule has 1 atom stereocenters. The lowest BCUT2D eigenvalue weighted by molar-refractivity contribution is -0.101. The number of nitrogen functional groups attached to an aromatic ring is 1. The molecule has 0 saturated carbocycles. The van der Waals surface area contributed by atoms with E-state index in [-0.39, 0.29) is 18.4 Å². The summed E-state index contributed by atoms with van der Waals surface area (Å²) in [6, 6.07) is 3.16. The molecule has 0 aliphatic carbocycles. The van der Waals surface area contributed by atoms with Gasteiger partial charge in [0.15, 0.2) is 11.5 Å². The average Bonchev–Trinajstić information content (AvgIpc) is 2.45. The molecule has 116 valence electrons. The Labute approximate surface area is 123 Å². The van der Waals surface area contributed by atoms with E-state index in [1.807, 2.05) is 18.7 Å². The standard InChI is InChI=1S/C14H21N3O4/c1-14(2)8-17(6-9(7-18)21-14)12-10(15)4-5-11(16-12)13(19)20-3/h4-5,9,18H,6-8,15H2,1-3H3. The molecule has 2 heterocycles. The molecule has 1 unspecified atom stereocenters. The maximum Gasteiger partial charge on any atom is 0.356 e. The molecule has 7 heteroatoms. The molecule has 0 aromatic carbocycles. The van der Waals surface area contributed by atoms with E-state index < -0.39 is 11.6 Å². The number of hydrogen-bond acceptors (Lipinski definition) is 7. The number of esters is 1. The van der Waals surface area contributed by atoms with Gasteiger partial charge in [-0.05, 0) is 26.0 Å². The maximum absolute atomic E-state index is 11.6. The summed E-state index contributed by atoms with van der Waals surface area (Å²) in [6.45, 7) is 4.80. The number of rotatable bonds is 3. The van der Waals surface area contributed by atoms with E-state index in [0.717, 1.165) is 0 Å². The number of aliphatic hydroxyl groups is 1. The second-order valence-corrected chi connectivity index (χ2v) is 5.66. The number of anilines is 2. The smallest absolute Gasteiger partial charge is 0.356 e. The lowest BCUT2D eigenvalue weighted by Crippen LogP contribution is -2.54. The van der Waals surface area contributed by atoms with Crippen LogP contribution in [0.4, 0.5) is 11.5 Å². The Morgan fingerprint density at radius 2 is 2.33 bits per heavy atom. The predicted octanol–water partition coefficient (Wildman–Crippen LogP) is 0.426. The third kappa shape index (κ3) is 3.43. The average molecular weight is 295 g/mol. The van der Waals surface area contributed by atoms with Gasteiger partial charge in [0.25, 0.3) is 0 Å². The van der Waals surface area contributed by atoms with Crippen molar-refractivity contribution in [3.05, 3.63) is 17.8 Å². The van der Waals surface area contributed by atoms with Gasteiger partial charge in [-0.3, -0.25) is 0 Å². The van der Waals surface area contributed by atoms with E-state index in [1.165, 1.54) is 13.2 Å². The Hall–Kier alpha value is -1.86. The van der Waals surface area contributed by atoms with Gasteiger partial charge in [-0.1, -0.05) is 0 Å². The molecular formula is C14H21N3O4. The third-order valence-electron chi connectivity index (χ3n) is 3.28. The van der Waals surface area contributed by atoms with Gasteiger partial charge in [0.05, 0.1) is 31.1 Å². The summed E-state index contributed by atoms with van der Waals surface area (Å²) >= 11 is 0. The van der Waals surface area contributed by atoms with Crippen molar-refractivity contribution in [3.63, 3.8) is 0 Å². The van der Waals surface area contributed by atoms with Crippen molar-refractivity contribution < 1.29 is 19.4 Å². The van der Waals surface area contributed by atoms with Crippen molar-refractivity contribution in [2.24, 2.45) is 0 Å². The van der Waals surface area contributed by atoms with Crippen LogP contribution in [-0.4, -0.2) is 54.6 Å². The molecule has 0 spiro atoms. The highest BCUT2D eigenvalue weighted by Crippen LogP contribution is 2.28. The summed E-state index contributed by atoms with van der Waals surface area (Å²) in [5.74, 6) is -0.00444. The topological polar surface area (TPSA) is 97.9 Å². The summed E-state index contributed by atoms with van der Waals surface area (Å²) in [4.78, 5) is 17.8. The molecule has 1 aromatic rings. The maximum atomic E-state index is 11.6. The molecule has 7 nitrogen and oxygen atoms in total. The van der Waals surface area contributed by atoms with Crippen molar-refractivity contribution in [2.75, 3.05) is 37.4 Å². The number of methoxy groups -OCH3 is 1. The minimum Gasteiger partial charge on any atom is -0.464 e. The monoisotopic (exact) mass is 295 g/mol. The molecule has 0 radical (unpaired) electrons. The molecule has 1 aromatic heterocycles. The van der Waals surface area contributed by atoms with Crippen LogP contribution in [0.3, 0.4) is 0 Å². The number of ether oxygens (including phenoxy) is 2. The summed E-state index contributed by atoms with van der Waals surface area (Å²) < 4.78 is 10.4. The number of aromatic nitrogens is 1. The van der Waals surface area contributed by atoms with Gasteiger partial charge in [-0.15, -0.1) is 0 Å². The zero-order valence-corrected chi connectivity index (χ0v) is 12.5. The van der Waals surface area contributed by atoms with Crippen molar-refractivity contribution in [2.45, 2.75) is 25.6 Å². The Morgan fingerprint density at radius 3 is 2.95 bits per heavy atom. The van der Waals surface area contributed by atoms with Gasteiger partial charge in [0, 0.05) is 13.1 Å². The van der Waals surface area contributed by atoms with Crippen LogP contribution in [0.25, 0.3) is 0 Å². The van der Waals surface area contributed by atoms with E-state index in [0.29, 0.717) is 24.6 Å². The Morgan fingerprint density at radius 1 is 1.62 bits per heavy atom. The highest BCUT2D eigenvalue weighted by molar-refractivity contribution is 5.88. The first kappa shape index (κ1) is 15.5. The largest absolute Gasteiger partial charge is 0.464 e. The van der Waals surface area contributed by atoms with Crippen LogP contribution in [0.5, 0.6) is 0 Å². The molecule has 1 saturated heterocycles. The Kier molecular flexibility index (Phi) is 4.34. The molecule has 1 fully saturated rings. The number of aliphatic hydroxyl groups excluding tert-OH is 1. The van der Waals surface area contributed by atoms with E-state index in [1.54, 1.807) is 6.07 Å². The zero-order chi connectivity index (χ0) is 15.6. The van der Waals surface area contributed by atoms with E-state index >= 15 is 0 Å². The molecule has 1 aliphatic heterocycles. The van der Waals surface area contributed by atoms with Gasteiger partial charge < -0.3 is 25.2 Å².